The third-order valence-corrected chi connectivity index (χ3v) is 8.05. The number of piperidine rings is 1. The van der Waals surface area contributed by atoms with E-state index < -0.39 is 0 Å². The van der Waals surface area contributed by atoms with E-state index in [1.165, 1.54) is 44.9 Å². The van der Waals surface area contributed by atoms with E-state index >= 15 is 0 Å². The van der Waals surface area contributed by atoms with Crippen LogP contribution < -0.4 is 10.6 Å². The molecule has 0 radical (unpaired) electrons. The number of fused-ring (bicyclic) bond motifs is 3. The summed E-state index contributed by atoms with van der Waals surface area (Å²) >= 11 is 0. The van der Waals surface area contributed by atoms with Crippen molar-refractivity contribution >= 4 is 5.78 Å². The van der Waals surface area contributed by atoms with Gasteiger partial charge in [0, 0.05) is 29.0 Å². The number of ketones is 1. The molecule has 3 aliphatic heterocycles. The van der Waals surface area contributed by atoms with Crippen LogP contribution in [0.2, 0.25) is 0 Å². The van der Waals surface area contributed by atoms with Gasteiger partial charge in [-0.25, -0.2) is 0 Å². The van der Waals surface area contributed by atoms with Gasteiger partial charge in [0.25, 0.3) is 0 Å². The first kappa shape index (κ1) is 20.8. The predicted octanol–water partition coefficient (Wildman–Crippen LogP) is 3.95. The molecular weight excluding hydrogens is 346 g/mol. The zero-order valence-corrected chi connectivity index (χ0v) is 19.1. The van der Waals surface area contributed by atoms with Gasteiger partial charge in [0.05, 0.1) is 12.2 Å². The van der Waals surface area contributed by atoms with Crippen LogP contribution in [-0.2, 0) is 4.79 Å². The molecule has 2 N–H and O–H groups in total. The summed E-state index contributed by atoms with van der Waals surface area (Å²) in [5.74, 6) is 2.21. The minimum Gasteiger partial charge on any atom is -0.312 e. The van der Waals surface area contributed by atoms with Crippen LogP contribution in [0.4, 0.5) is 0 Å². The van der Waals surface area contributed by atoms with Crippen LogP contribution in [0.3, 0.4) is 0 Å². The summed E-state index contributed by atoms with van der Waals surface area (Å²) in [5.41, 5.74) is -0.308. The molecule has 0 aromatic carbocycles. The van der Waals surface area contributed by atoms with E-state index in [1.54, 1.807) is 0 Å². The second-order valence-corrected chi connectivity index (χ2v) is 12.0. The highest BCUT2D eigenvalue weighted by molar-refractivity contribution is 5.89. The second-order valence-electron chi connectivity index (χ2n) is 12.0. The lowest BCUT2D eigenvalue weighted by Gasteiger charge is -2.45. The van der Waals surface area contributed by atoms with Gasteiger partial charge in [-0.05, 0) is 52.0 Å². The van der Waals surface area contributed by atoms with Crippen molar-refractivity contribution in [3.63, 3.8) is 0 Å². The number of hydrogen-bond donors (Lipinski definition) is 2. The predicted molar refractivity (Wildman–Crippen MR) is 115 cm³/mol. The van der Waals surface area contributed by atoms with Gasteiger partial charge in [-0.1, -0.05) is 52.9 Å². The number of Topliss-reactive ketones (excluding diaryl/α,β-unsaturated/α-hetero) is 1. The van der Waals surface area contributed by atoms with Crippen LogP contribution in [0.1, 0.15) is 86.5 Å². The van der Waals surface area contributed by atoms with Crippen LogP contribution in [0.15, 0.2) is 0 Å². The van der Waals surface area contributed by atoms with E-state index in [0.29, 0.717) is 41.8 Å². The van der Waals surface area contributed by atoms with Gasteiger partial charge in [0.1, 0.15) is 0 Å². The highest BCUT2D eigenvalue weighted by Crippen LogP contribution is 2.52. The minimum absolute atomic E-state index is 0.0155. The summed E-state index contributed by atoms with van der Waals surface area (Å²) in [6.07, 6.45) is 9.58. The van der Waals surface area contributed by atoms with Crippen molar-refractivity contribution in [2.45, 2.75) is 116 Å². The Morgan fingerprint density at radius 2 is 1.57 bits per heavy atom. The molecule has 4 nitrogen and oxygen atoms in total. The van der Waals surface area contributed by atoms with Crippen molar-refractivity contribution in [3.05, 3.63) is 0 Å². The number of nitrogens with zero attached hydrogens (tertiary/aromatic N) is 1. The lowest BCUT2D eigenvalue weighted by molar-refractivity contribution is -0.136. The SMILES string of the molecule is CC(C)(C)C(=O)C1C(C2CCCCC2)C2C3NCCCC3NC2N1C(C)(C)C. The first-order valence-electron chi connectivity index (χ1n) is 11.9. The molecule has 6 atom stereocenters. The Labute approximate surface area is 172 Å². The monoisotopic (exact) mass is 389 g/mol. The van der Waals surface area contributed by atoms with Gasteiger partial charge in [0.15, 0.2) is 5.78 Å². The lowest BCUT2D eigenvalue weighted by atomic mass is 9.67. The van der Waals surface area contributed by atoms with Gasteiger partial charge in [-0.3, -0.25) is 15.0 Å². The number of likely N-dealkylation sites (tertiary alicyclic amines) is 1. The quantitative estimate of drug-likeness (QED) is 0.751. The Hall–Kier alpha value is -0.450. The Kier molecular flexibility index (Phi) is 5.46. The smallest absolute Gasteiger partial charge is 0.155 e. The standard InChI is InChI=1S/C24H43N3O/c1-23(2,3)21(28)20-17(15-11-8-7-9-12-15)18-19-16(13-10-14-25-19)26-22(18)27(20)24(4,5)6/h15-20,22,25-26H,7-14H2,1-6H3. The van der Waals surface area contributed by atoms with E-state index in [-0.39, 0.29) is 17.0 Å². The van der Waals surface area contributed by atoms with Gasteiger partial charge in [-0.15, -0.1) is 0 Å². The van der Waals surface area contributed by atoms with Crippen LogP contribution in [0, 0.1) is 23.2 Å². The molecule has 1 aliphatic carbocycles. The van der Waals surface area contributed by atoms with Gasteiger partial charge in [0.2, 0.25) is 0 Å². The van der Waals surface area contributed by atoms with Crippen LogP contribution in [0.5, 0.6) is 0 Å². The fourth-order valence-corrected chi connectivity index (χ4v) is 6.99. The zero-order chi connectivity index (χ0) is 20.3. The van der Waals surface area contributed by atoms with Gasteiger partial charge >= 0.3 is 0 Å². The zero-order valence-electron chi connectivity index (χ0n) is 19.1. The number of carbonyl (C=O) groups excluding carboxylic acids is 1. The summed E-state index contributed by atoms with van der Waals surface area (Å²) in [4.78, 5) is 16.5. The summed E-state index contributed by atoms with van der Waals surface area (Å²) in [7, 11) is 0. The topological polar surface area (TPSA) is 44.4 Å². The van der Waals surface area contributed by atoms with Gasteiger partial charge < -0.3 is 5.32 Å². The molecule has 4 fully saturated rings. The van der Waals surface area contributed by atoms with Gasteiger partial charge in [-0.2, -0.15) is 0 Å². The van der Waals surface area contributed by atoms with Crippen LogP contribution >= 0.6 is 0 Å². The van der Waals surface area contributed by atoms with Crippen molar-refractivity contribution in [3.8, 4) is 0 Å². The molecule has 0 aromatic heterocycles. The largest absolute Gasteiger partial charge is 0.312 e. The first-order chi connectivity index (χ1) is 13.1. The molecule has 0 spiro atoms. The second kappa shape index (κ2) is 7.35. The number of carbonyl (C=O) groups is 1. The van der Waals surface area contributed by atoms with E-state index in [0.717, 1.165) is 6.54 Å². The van der Waals surface area contributed by atoms with E-state index in [9.17, 15) is 4.79 Å². The maximum absolute atomic E-state index is 13.9. The minimum atomic E-state index is -0.293. The van der Waals surface area contributed by atoms with E-state index in [1.807, 2.05) is 0 Å². The molecule has 4 aliphatic rings. The van der Waals surface area contributed by atoms with Crippen molar-refractivity contribution in [2.75, 3.05) is 6.54 Å². The molecule has 4 rings (SSSR count). The maximum atomic E-state index is 13.9. The van der Waals surface area contributed by atoms with Crippen molar-refractivity contribution in [1.82, 2.24) is 15.5 Å². The van der Waals surface area contributed by atoms with Crippen molar-refractivity contribution in [1.29, 1.82) is 0 Å². The normalized spacial score (nSPS) is 40.4. The van der Waals surface area contributed by atoms with Crippen molar-refractivity contribution in [2.24, 2.45) is 23.2 Å². The summed E-state index contributed by atoms with van der Waals surface area (Å²) < 4.78 is 0. The molecule has 0 amide bonds. The summed E-state index contributed by atoms with van der Waals surface area (Å²) in [6.45, 7) is 14.4. The molecule has 4 heteroatoms. The molecular formula is C24H43N3O. The molecule has 160 valence electrons. The first-order valence-corrected chi connectivity index (χ1v) is 11.9. The maximum Gasteiger partial charge on any atom is 0.155 e. The highest BCUT2D eigenvalue weighted by atomic mass is 16.1. The van der Waals surface area contributed by atoms with E-state index in [2.05, 4.69) is 57.1 Å². The summed E-state index contributed by atoms with van der Waals surface area (Å²) in [6, 6.07) is 1.16. The number of hydrogen-bond acceptors (Lipinski definition) is 4. The fourth-order valence-electron chi connectivity index (χ4n) is 6.99. The number of nitrogens with one attached hydrogen (secondary N) is 2. The Morgan fingerprint density at radius 3 is 2.18 bits per heavy atom. The molecule has 3 heterocycles. The molecule has 6 unspecified atom stereocenters. The van der Waals surface area contributed by atoms with Crippen molar-refractivity contribution < 1.29 is 4.79 Å². The van der Waals surface area contributed by atoms with E-state index in [4.69, 9.17) is 0 Å². The number of rotatable bonds is 2. The molecule has 28 heavy (non-hydrogen) atoms. The molecule has 3 saturated heterocycles. The Bertz CT molecular complexity index is 584. The average molecular weight is 390 g/mol. The third-order valence-electron chi connectivity index (χ3n) is 8.05. The summed E-state index contributed by atoms with van der Waals surface area (Å²) in [5, 5.41) is 7.92. The fraction of sp³-hybridized carbons (Fsp3) is 0.958. The average Bonchev–Trinajstić information content (AvgIpc) is 3.14. The Morgan fingerprint density at radius 1 is 0.893 bits per heavy atom. The third kappa shape index (κ3) is 3.48. The highest BCUT2D eigenvalue weighted by Gasteiger charge is 2.63. The molecule has 0 aromatic rings. The van der Waals surface area contributed by atoms with Crippen LogP contribution in [-0.4, -0.2) is 47.1 Å². The van der Waals surface area contributed by atoms with Crippen LogP contribution in [0.25, 0.3) is 0 Å². The molecule has 1 saturated carbocycles. The molecule has 0 bridgehead atoms. The Balaban J connectivity index is 1.78. The lowest BCUT2D eigenvalue weighted by Crippen LogP contribution is -2.59.